The van der Waals surface area contributed by atoms with Crippen molar-refractivity contribution < 1.29 is 0 Å². The van der Waals surface area contributed by atoms with Crippen LogP contribution in [0.25, 0.3) is 0 Å². The molecule has 1 aromatic heterocycles. The van der Waals surface area contributed by atoms with Crippen LogP contribution in [0.2, 0.25) is 0 Å². The Morgan fingerprint density at radius 1 is 1.47 bits per heavy atom. The number of hydrogen-bond donors (Lipinski definition) is 2. The highest BCUT2D eigenvalue weighted by molar-refractivity contribution is 7.98. The number of nitrogens with one attached hydrogen (secondary N) is 1. The van der Waals surface area contributed by atoms with Crippen molar-refractivity contribution >= 4 is 35.2 Å². The van der Waals surface area contributed by atoms with Crippen molar-refractivity contribution in [3.05, 3.63) is 6.07 Å². The van der Waals surface area contributed by atoms with Gasteiger partial charge in [-0.05, 0) is 19.4 Å². The summed E-state index contributed by atoms with van der Waals surface area (Å²) in [6.45, 7) is 2.12. The molecule has 1 aromatic rings. The Bertz CT molecular complexity index is 319. The fraction of sp³-hybridized carbons (Fsp3) is 0.556. The first-order valence-corrected chi connectivity index (χ1v) is 7.21. The lowest BCUT2D eigenvalue weighted by Crippen LogP contribution is -2.19. The minimum Gasteiger partial charge on any atom is -0.383 e. The average molecular weight is 244 g/mol. The number of hydrogen-bond acceptors (Lipinski definition) is 6. The first-order chi connectivity index (χ1) is 7.15. The van der Waals surface area contributed by atoms with Crippen LogP contribution >= 0.6 is 23.5 Å². The van der Waals surface area contributed by atoms with E-state index >= 15 is 0 Å². The molecule has 1 unspecified atom stereocenters. The quantitative estimate of drug-likeness (QED) is 0.609. The van der Waals surface area contributed by atoms with E-state index in [1.807, 2.05) is 6.26 Å². The zero-order chi connectivity index (χ0) is 11.3. The van der Waals surface area contributed by atoms with Gasteiger partial charge in [0.2, 0.25) is 0 Å². The first kappa shape index (κ1) is 12.4. The van der Waals surface area contributed by atoms with E-state index in [0.717, 1.165) is 11.6 Å². The van der Waals surface area contributed by atoms with Crippen LogP contribution in [0.1, 0.15) is 6.92 Å². The van der Waals surface area contributed by atoms with E-state index in [1.54, 1.807) is 17.8 Å². The number of thioether (sulfide) groups is 2. The highest BCUT2D eigenvalue weighted by Gasteiger charge is 2.05. The first-order valence-electron chi connectivity index (χ1n) is 4.59. The maximum absolute atomic E-state index is 5.68. The van der Waals surface area contributed by atoms with Crippen LogP contribution in [-0.2, 0) is 0 Å². The number of nitrogens with two attached hydrogens (primary N) is 1. The predicted octanol–water partition coefficient (Wildman–Crippen LogP) is 1.94. The summed E-state index contributed by atoms with van der Waals surface area (Å²) < 4.78 is 0. The molecule has 0 aliphatic rings. The lowest BCUT2D eigenvalue weighted by atomic mass is 10.4. The zero-order valence-electron chi connectivity index (χ0n) is 9.15. The van der Waals surface area contributed by atoms with Gasteiger partial charge in [-0.3, -0.25) is 0 Å². The van der Waals surface area contributed by atoms with Gasteiger partial charge in [-0.1, -0.05) is 11.8 Å². The summed E-state index contributed by atoms with van der Waals surface area (Å²) in [5, 5.41) is 4.00. The number of nitrogens with zero attached hydrogens (tertiary/aromatic N) is 2. The summed E-state index contributed by atoms with van der Waals surface area (Å²) in [6, 6.07) is 2.14. The summed E-state index contributed by atoms with van der Waals surface area (Å²) in [5.41, 5.74) is 5.68. The van der Waals surface area contributed by atoms with Crippen LogP contribution in [-0.4, -0.2) is 34.3 Å². The van der Waals surface area contributed by atoms with Gasteiger partial charge in [0.1, 0.15) is 11.6 Å². The second kappa shape index (κ2) is 6.07. The van der Waals surface area contributed by atoms with Crippen molar-refractivity contribution in [2.24, 2.45) is 0 Å². The van der Waals surface area contributed by atoms with Crippen LogP contribution in [0.5, 0.6) is 0 Å². The van der Waals surface area contributed by atoms with Crippen molar-refractivity contribution in [2.45, 2.75) is 18.1 Å². The molecule has 1 heterocycles. The largest absolute Gasteiger partial charge is 0.383 e. The molecule has 15 heavy (non-hydrogen) atoms. The van der Waals surface area contributed by atoms with Gasteiger partial charge in [0, 0.05) is 17.9 Å². The molecule has 1 rings (SSSR count). The van der Waals surface area contributed by atoms with E-state index in [2.05, 4.69) is 28.5 Å². The second-order valence-electron chi connectivity index (χ2n) is 3.17. The minimum atomic E-state index is 0.379. The standard InChI is InChI=1S/C9H16N4S2/c1-6(5-14-2)11-8-4-7(10)12-9(13-8)15-3/h4,6H,5H2,1-3H3,(H3,10,11,12,13). The average Bonchev–Trinajstić information content (AvgIpc) is 2.17. The highest BCUT2D eigenvalue weighted by Crippen LogP contribution is 2.16. The Morgan fingerprint density at radius 2 is 2.20 bits per heavy atom. The Morgan fingerprint density at radius 3 is 2.80 bits per heavy atom. The van der Waals surface area contributed by atoms with E-state index in [4.69, 9.17) is 5.73 Å². The van der Waals surface area contributed by atoms with E-state index < -0.39 is 0 Å². The van der Waals surface area contributed by atoms with Gasteiger partial charge in [0.15, 0.2) is 5.16 Å². The third-order valence-electron chi connectivity index (χ3n) is 1.72. The smallest absolute Gasteiger partial charge is 0.191 e. The van der Waals surface area contributed by atoms with Gasteiger partial charge in [0.05, 0.1) is 0 Å². The molecule has 6 heteroatoms. The van der Waals surface area contributed by atoms with Gasteiger partial charge in [-0.2, -0.15) is 11.8 Å². The molecule has 4 nitrogen and oxygen atoms in total. The van der Waals surface area contributed by atoms with Crippen LogP contribution < -0.4 is 11.1 Å². The second-order valence-corrected chi connectivity index (χ2v) is 4.85. The SMILES string of the molecule is CSCC(C)Nc1cc(N)nc(SC)n1. The lowest BCUT2D eigenvalue weighted by molar-refractivity contribution is 0.880. The Hall–Kier alpha value is -0.620. The minimum absolute atomic E-state index is 0.379. The molecule has 1 atom stereocenters. The van der Waals surface area contributed by atoms with Crippen molar-refractivity contribution in [2.75, 3.05) is 29.3 Å². The van der Waals surface area contributed by atoms with Crippen LogP contribution in [0.4, 0.5) is 11.6 Å². The molecule has 0 aromatic carbocycles. The summed E-state index contributed by atoms with van der Waals surface area (Å²) in [6.07, 6.45) is 4.02. The molecule has 0 bridgehead atoms. The van der Waals surface area contributed by atoms with Crippen molar-refractivity contribution in [1.82, 2.24) is 9.97 Å². The molecule has 84 valence electrons. The number of aromatic nitrogens is 2. The number of rotatable bonds is 5. The molecular weight excluding hydrogens is 228 g/mol. The lowest BCUT2D eigenvalue weighted by Gasteiger charge is -2.13. The molecule has 0 aliphatic carbocycles. The number of anilines is 2. The Labute approximate surface area is 98.8 Å². The third kappa shape index (κ3) is 4.17. The van der Waals surface area contributed by atoms with Gasteiger partial charge in [-0.15, -0.1) is 0 Å². The normalized spacial score (nSPS) is 12.5. The Kier molecular flexibility index (Phi) is 5.04. The van der Waals surface area contributed by atoms with E-state index in [1.165, 1.54) is 11.8 Å². The van der Waals surface area contributed by atoms with Gasteiger partial charge in [0.25, 0.3) is 0 Å². The van der Waals surface area contributed by atoms with Crippen LogP contribution in [0, 0.1) is 0 Å². The predicted molar refractivity (Wildman–Crippen MR) is 69.7 cm³/mol. The zero-order valence-corrected chi connectivity index (χ0v) is 10.8. The van der Waals surface area contributed by atoms with E-state index in [0.29, 0.717) is 17.0 Å². The van der Waals surface area contributed by atoms with Gasteiger partial charge < -0.3 is 11.1 Å². The summed E-state index contributed by atoms with van der Waals surface area (Å²) >= 11 is 3.29. The monoisotopic (exact) mass is 244 g/mol. The Balaban J connectivity index is 2.71. The molecule has 3 N–H and O–H groups in total. The summed E-state index contributed by atoms with van der Waals surface area (Å²) in [4.78, 5) is 8.42. The fourth-order valence-electron chi connectivity index (χ4n) is 1.15. The molecule has 0 saturated carbocycles. The van der Waals surface area contributed by atoms with Crippen LogP contribution in [0.15, 0.2) is 11.2 Å². The molecule has 0 saturated heterocycles. The fourth-order valence-corrected chi connectivity index (χ4v) is 2.12. The van der Waals surface area contributed by atoms with Crippen molar-refractivity contribution in [3.8, 4) is 0 Å². The molecule has 0 radical (unpaired) electrons. The van der Waals surface area contributed by atoms with Crippen molar-refractivity contribution in [3.63, 3.8) is 0 Å². The topological polar surface area (TPSA) is 63.8 Å². The molecule has 0 amide bonds. The van der Waals surface area contributed by atoms with Crippen LogP contribution in [0.3, 0.4) is 0 Å². The third-order valence-corrected chi connectivity index (χ3v) is 3.10. The summed E-state index contributed by atoms with van der Waals surface area (Å²) in [5.74, 6) is 2.35. The summed E-state index contributed by atoms with van der Waals surface area (Å²) in [7, 11) is 0. The van der Waals surface area contributed by atoms with E-state index in [-0.39, 0.29) is 0 Å². The maximum atomic E-state index is 5.68. The van der Waals surface area contributed by atoms with Gasteiger partial charge >= 0.3 is 0 Å². The highest BCUT2D eigenvalue weighted by atomic mass is 32.2. The molecule has 0 aliphatic heterocycles. The maximum Gasteiger partial charge on any atom is 0.191 e. The number of nitrogen functional groups attached to an aromatic ring is 1. The van der Waals surface area contributed by atoms with Crippen molar-refractivity contribution in [1.29, 1.82) is 0 Å². The van der Waals surface area contributed by atoms with Gasteiger partial charge in [-0.25, -0.2) is 9.97 Å². The molecule has 0 spiro atoms. The molecule has 0 fully saturated rings. The van der Waals surface area contributed by atoms with E-state index in [9.17, 15) is 0 Å². The molecular formula is C9H16N4S2.